The van der Waals surface area contributed by atoms with Crippen LogP contribution in [0.1, 0.15) is 5.82 Å². The van der Waals surface area contributed by atoms with Crippen molar-refractivity contribution < 1.29 is 0 Å². The third-order valence-corrected chi connectivity index (χ3v) is 3.03. The molecular weight excluding hydrogens is 226 g/mol. The minimum atomic E-state index is 0.440. The topological polar surface area (TPSA) is 61.2 Å². The number of para-hydroxylation sites is 1. The Hall–Kier alpha value is -1.59. The Kier molecular flexibility index (Phi) is 3.84. The van der Waals surface area contributed by atoms with Crippen LogP contribution >= 0.6 is 0 Å². The van der Waals surface area contributed by atoms with Crippen molar-refractivity contribution in [3.63, 3.8) is 0 Å². The highest BCUT2D eigenvalue weighted by Crippen LogP contribution is 2.23. The third kappa shape index (κ3) is 2.63. The Labute approximate surface area is 108 Å². The largest absolute Gasteiger partial charge is 0.372 e. The van der Waals surface area contributed by atoms with E-state index >= 15 is 0 Å². The molecule has 98 valence electrons. The summed E-state index contributed by atoms with van der Waals surface area (Å²) in [5, 5.41) is 0. The summed E-state index contributed by atoms with van der Waals surface area (Å²) in [6, 6.07) is 6.17. The molecule has 3 N–H and O–H groups in total. The zero-order valence-electron chi connectivity index (χ0n) is 11.3. The standard InChI is InChI=1S/C13H21N5/c1-17(2)7-8-18(3)11-6-4-5-10-13(11)16-12(9-14)15-10/h4-6H,7-9,14H2,1-3H3,(H,15,16). The number of aromatic nitrogens is 2. The number of hydrogen-bond donors (Lipinski definition) is 2. The molecule has 0 aliphatic carbocycles. The van der Waals surface area contributed by atoms with Gasteiger partial charge in [0.25, 0.3) is 0 Å². The molecule has 0 radical (unpaired) electrons. The summed E-state index contributed by atoms with van der Waals surface area (Å²) in [5.41, 5.74) is 8.81. The first-order valence-electron chi connectivity index (χ1n) is 6.15. The highest BCUT2D eigenvalue weighted by Gasteiger charge is 2.10. The van der Waals surface area contributed by atoms with Gasteiger partial charge in [-0.3, -0.25) is 0 Å². The van der Waals surface area contributed by atoms with Crippen molar-refractivity contribution in [2.75, 3.05) is 39.1 Å². The van der Waals surface area contributed by atoms with Gasteiger partial charge in [0.15, 0.2) is 0 Å². The Morgan fingerprint density at radius 1 is 1.22 bits per heavy atom. The Balaban J connectivity index is 2.29. The maximum Gasteiger partial charge on any atom is 0.121 e. The summed E-state index contributed by atoms with van der Waals surface area (Å²) in [7, 11) is 6.25. The van der Waals surface area contributed by atoms with Crippen LogP contribution in [0.25, 0.3) is 11.0 Å². The number of aromatic amines is 1. The average Bonchev–Trinajstić information content (AvgIpc) is 2.78. The van der Waals surface area contributed by atoms with Gasteiger partial charge in [0, 0.05) is 20.1 Å². The molecule has 0 atom stereocenters. The van der Waals surface area contributed by atoms with Crippen molar-refractivity contribution in [1.29, 1.82) is 0 Å². The molecule has 0 aliphatic rings. The van der Waals surface area contributed by atoms with Crippen molar-refractivity contribution in [2.24, 2.45) is 5.73 Å². The molecule has 0 unspecified atom stereocenters. The van der Waals surface area contributed by atoms with Gasteiger partial charge in [-0.15, -0.1) is 0 Å². The number of H-pyrrole nitrogens is 1. The predicted molar refractivity (Wildman–Crippen MR) is 75.8 cm³/mol. The predicted octanol–water partition coefficient (Wildman–Crippen LogP) is 1.02. The van der Waals surface area contributed by atoms with E-state index in [0.29, 0.717) is 6.54 Å². The minimum absolute atomic E-state index is 0.440. The van der Waals surface area contributed by atoms with Gasteiger partial charge in [-0.1, -0.05) is 6.07 Å². The molecule has 1 aromatic heterocycles. The number of fused-ring (bicyclic) bond motifs is 1. The molecule has 2 aromatic rings. The first-order valence-corrected chi connectivity index (χ1v) is 6.15. The van der Waals surface area contributed by atoms with Gasteiger partial charge in [0.1, 0.15) is 11.3 Å². The normalized spacial score (nSPS) is 11.4. The van der Waals surface area contributed by atoms with Crippen molar-refractivity contribution in [1.82, 2.24) is 14.9 Å². The lowest BCUT2D eigenvalue weighted by molar-refractivity contribution is 0.416. The molecule has 5 nitrogen and oxygen atoms in total. The van der Waals surface area contributed by atoms with Crippen LogP contribution in [-0.4, -0.2) is 49.1 Å². The lowest BCUT2D eigenvalue weighted by Gasteiger charge is -2.21. The number of nitrogens with one attached hydrogen (secondary N) is 1. The number of hydrogen-bond acceptors (Lipinski definition) is 4. The van der Waals surface area contributed by atoms with Crippen LogP contribution in [0.15, 0.2) is 18.2 Å². The van der Waals surface area contributed by atoms with E-state index in [2.05, 4.69) is 47.0 Å². The van der Waals surface area contributed by atoms with E-state index < -0.39 is 0 Å². The Morgan fingerprint density at radius 2 is 2.00 bits per heavy atom. The van der Waals surface area contributed by atoms with Gasteiger partial charge in [-0.2, -0.15) is 0 Å². The lowest BCUT2D eigenvalue weighted by Crippen LogP contribution is -2.28. The van der Waals surface area contributed by atoms with E-state index in [0.717, 1.165) is 35.6 Å². The lowest BCUT2D eigenvalue weighted by atomic mass is 10.2. The molecule has 1 aromatic carbocycles. The van der Waals surface area contributed by atoms with E-state index in [1.165, 1.54) is 0 Å². The van der Waals surface area contributed by atoms with Gasteiger partial charge < -0.3 is 20.5 Å². The molecule has 0 amide bonds. The van der Waals surface area contributed by atoms with Crippen molar-refractivity contribution in [3.05, 3.63) is 24.0 Å². The summed E-state index contributed by atoms with van der Waals surface area (Å²) < 4.78 is 0. The van der Waals surface area contributed by atoms with Crippen LogP contribution in [0, 0.1) is 0 Å². The number of anilines is 1. The van der Waals surface area contributed by atoms with Crippen LogP contribution in [0.4, 0.5) is 5.69 Å². The second-order valence-electron chi connectivity index (χ2n) is 4.79. The number of nitrogens with zero attached hydrogens (tertiary/aromatic N) is 3. The number of likely N-dealkylation sites (N-methyl/N-ethyl adjacent to an activating group) is 2. The zero-order valence-corrected chi connectivity index (χ0v) is 11.3. The molecule has 18 heavy (non-hydrogen) atoms. The van der Waals surface area contributed by atoms with Crippen LogP contribution in [0.3, 0.4) is 0 Å². The molecule has 0 saturated heterocycles. The SMILES string of the molecule is CN(C)CCN(C)c1cccc2[nH]c(CN)nc12. The number of rotatable bonds is 5. The molecule has 0 aliphatic heterocycles. The Morgan fingerprint density at radius 3 is 2.67 bits per heavy atom. The molecule has 0 fully saturated rings. The fraction of sp³-hybridized carbons (Fsp3) is 0.462. The van der Waals surface area contributed by atoms with Crippen LogP contribution in [-0.2, 0) is 6.54 Å². The number of nitrogens with two attached hydrogens (primary N) is 1. The summed E-state index contributed by atoms with van der Waals surface area (Å²) in [6.07, 6.45) is 0. The van der Waals surface area contributed by atoms with Gasteiger partial charge in [0.05, 0.1) is 17.7 Å². The average molecular weight is 247 g/mol. The van der Waals surface area contributed by atoms with E-state index in [1.807, 2.05) is 12.1 Å². The smallest absolute Gasteiger partial charge is 0.121 e. The first kappa shape index (κ1) is 12.9. The van der Waals surface area contributed by atoms with Gasteiger partial charge in [-0.25, -0.2) is 4.98 Å². The van der Waals surface area contributed by atoms with Crippen LogP contribution in [0.2, 0.25) is 0 Å². The third-order valence-electron chi connectivity index (χ3n) is 3.03. The molecule has 0 saturated carbocycles. The van der Waals surface area contributed by atoms with Gasteiger partial charge >= 0.3 is 0 Å². The quantitative estimate of drug-likeness (QED) is 0.828. The minimum Gasteiger partial charge on any atom is -0.372 e. The van der Waals surface area contributed by atoms with Gasteiger partial charge in [0.2, 0.25) is 0 Å². The second kappa shape index (κ2) is 5.37. The Bertz CT molecular complexity index is 517. The van der Waals surface area contributed by atoms with E-state index in [4.69, 9.17) is 5.73 Å². The number of imidazole rings is 1. The summed E-state index contributed by atoms with van der Waals surface area (Å²) in [5.74, 6) is 0.832. The fourth-order valence-electron chi connectivity index (χ4n) is 1.94. The highest BCUT2D eigenvalue weighted by atomic mass is 15.2. The van der Waals surface area contributed by atoms with Gasteiger partial charge in [-0.05, 0) is 26.2 Å². The van der Waals surface area contributed by atoms with Crippen molar-refractivity contribution in [2.45, 2.75) is 6.54 Å². The molecule has 1 heterocycles. The van der Waals surface area contributed by atoms with Crippen LogP contribution in [0.5, 0.6) is 0 Å². The summed E-state index contributed by atoms with van der Waals surface area (Å²) in [6.45, 7) is 2.42. The summed E-state index contributed by atoms with van der Waals surface area (Å²) >= 11 is 0. The van der Waals surface area contributed by atoms with E-state index in [-0.39, 0.29) is 0 Å². The highest BCUT2D eigenvalue weighted by molar-refractivity contribution is 5.88. The molecule has 0 bridgehead atoms. The maximum absolute atomic E-state index is 5.62. The zero-order chi connectivity index (χ0) is 13.1. The molecule has 0 spiro atoms. The first-order chi connectivity index (χ1) is 8.61. The van der Waals surface area contributed by atoms with Crippen molar-refractivity contribution >= 4 is 16.7 Å². The molecular formula is C13H21N5. The fourth-order valence-corrected chi connectivity index (χ4v) is 1.94. The summed E-state index contributed by atoms with van der Waals surface area (Å²) in [4.78, 5) is 12.2. The van der Waals surface area contributed by atoms with Crippen LogP contribution < -0.4 is 10.6 Å². The second-order valence-corrected chi connectivity index (χ2v) is 4.79. The van der Waals surface area contributed by atoms with Crippen molar-refractivity contribution in [3.8, 4) is 0 Å². The number of benzene rings is 1. The maximum atomic E-state index is 5.62. The molecule has 2 rings (SSSR count). The monoisotopic (exact) mass is 247 g/mol. The van der Waals surface area contributed by atoms with E-state index in [1.54, 1.807) is 0 Å². The molecule has 5 heteroatoms. The van der Waals surface area contributed by atoms with E-state index in [9.17, 15) is 0 Å².